The van der Waals surface area contributed by atoms with Crippen LogP contribution >= 0.6 is 34.5 Å². The van der Waals surface area contributed by atoms with Crippen LogP contribution in [-0.4, -0.2) is 43.2 Å². The molecule has 6 nitrogen and oxygen atoms in total. The van der Waals surface area contributed by atoms with Crippen molar-refractivity contribution in [2.24, 2.45) is 0 Å². The standard InChI is InChI=1S/C20H21Cl2N3O3S2/c1-4-24(5-2)30(27,28)18-11-13(7-9-15(18)22)19(26)25(6-3)20-23-16-12-14(21)8-10-17(16)29-20/h7-12H,4-6H2,1-3H3. The molecule has 2 aromatic carbocycles. The predicted octanol–water partition coefficient (Wildman–Crippen LogP) is 5.30. The smallest absolute Gasteiger partial charge is 0.260 e. The lowest BCUT2D eigenvalue weighted by Crippen LogP contribution is -2.32. The number of thiazole rings is 1. The highest BCUT2D eigenvalue weighted by Gasteiger charge is 2.27. The lowest BCUT2D eigenvalue weighted by molar-refractivity contribution is 0.0988. The van der Waals surface area contributed by atoms with Gasteiger partial charge in [0, 0.05) is 30.2 Å². The van der Waals surface area contributed by atoms with Crippen molar-refractivity contribution in [3.8, 4) is 0 Å². The Hall–Kier alpha value is -1.71. The van der Waals surface area contributed by atoms with E-state index in [9.17, 15) is 13.2 Å². The molecule has 1 heterocycles. The monoisotopic (exact) mass is 485 g/mol. The first-order valence-corrected chi connectivity index (χ1v) is 12.4. The molecule has 0 aliphatic rings. The van der Waals surface area contributed by atoms with Crippen LogP contribution in [0.1, 0.15) is 31.1 Å². The van der Waals surface area contributed by atoms with Gasteiger partial charge in [-0.3, -0.25) is 9.69 Å². The van der Waals surface area contributed by atoms with Gasteiger partial charge in [-0.2, -0.15) is 4.31 Å². The van der Waals surface area contributed by atoms with Gasteiger partial charge in [0.15, 0.2) is 5.13 Å². The molecule has 3 aromatic rings. The molecule has 0 radical (unpaired) electrons. The van der Waals surface area contributed by atoms with Gasteiger partial charge in [0.1, 0.15) is 4.90 Å². The van der Waals surface area contributed by atoms with Crippen LogP contribution in [0.5, 0.6) is 0 Å². The number of fused-ring (bicyclic) bond motifs is 1. The van der Waals surface area contributed by atoms with E-state index in [2.05, 4.69) is 4.98 Å². The zero-order chi connectivity index (χ0) is 22.1. The minimum absolute atomic E-state index is 0.0779. The van der Waals surface area contributed by atoms with Crippen LogP contribution in [0.15, 0.2) is 41.3 Å². The van der Waals surface area contributed by atoms with Gasteiger partial charge in [0.25, 0.3) is 5.91 Å². The molecular weight excluding hydrogens is 465 g/mol. The Kier molecular flexibility index (Phi) is 7.04. The minimum Gasteiger partial charge on any atom is -0.284 e. The topological polar surface area (TPSA) is 70.6 Å². The zero-order valence-corrected chi connectivity index (χ0v) is 19.9. The lowest BCUT2D eigenvalue weighted by atomic mass is 10.2. The molecule has 0 atom stereocenters. The summed E-state index contributed by atoms with van der Waals surface area (Å²) in [5.41, 5.74) is 0.930. The quantitative estimate of drug-likeness (QED) is 0.455. The molecular formula is C20H21Cl2N3O3S2. The fourth-order valence-electron chi connectivity index (χ4n) is 3.06. The van der Waals surface area contributed by atoms with Crippen LogP contribution in [0.3, 0.4) is 0 Å². The highest BCUT2D eigenvalue weighted by atomic mass is 35.5. The Bertz CT molecular complexity index is 1190. The first-order chi connectivity index (χ1) is 14.2. The van der Waals surface area contributed by atoms with Crippen molar-refractivity contribution in [1.29, 1.82) is 0 Å². The average Bonchev–Trinajstić information content (AvgIpc) is 3.12. The van der Waals surface area contributed by atoms with E-state index in [0.29, 0.717) is 35.3 Å². The summed E-state index contributed by atoms with van der Waals surface area (Å²) in [6.45, 7) is 6.32. The van der Waals surface area contributed by atoms with Crippen LogP contribution in [0, 0.1) is 0 Å². The second kappa shape index (κ2) is 9.20. The molecule has 0 saturated carbocycles. The molecule has 30 heavy (non-hydrogen) atoms. The van der Waals surface area contributed by atoms with E-state index in [1.807, 2.05) is 13.0 Å². The van der Waals surface area contributed by atoms with Crippen LogP contribution in [0.2, 0.25) is 10.0 Å². The molecule has 1 aromatic heterocycles. The Morgan fingerprint density at radius 2 is 1.73 bits per heavy atom. The Morgan fingerprint density at radius 1 is 1.03 bits per heavy atom. The molecule has 3 rings (SSSR count). The molecule has 0 unspecified atom stereocenters. The fraction of sp³-hybridized carbons (Fsp3) is 0.300. The van der Waals surface area contributed by atoms with Crippen molar-refractivity contribution in [3.05, 3.63) is 52.0 Å². The second-order valence-electron chi connectivity index (χ2n) is 6.39. The van der Waals surface area contributed by atoms with Gasteiger partial charge in [0.2, 0.25) is 10.0 Å². The molecule has 160 valence electrons. The molecule has 0 aliphatic carbocycles. The predicted molar refractivity (Wildman–Crippen MR) is 124 cm³/mol. The summed E-state index contributed by atoms with van der Waals surface area (Å²) in [6.07, 6.45) is 0. The van der Waals surface area contributed by atoms with Crippen molar-refractivity contribution in [2.75, 3.05) is 24.5 Å². The van der Waals surface area contributed by atoms with Gasteiger partial charge in [-0.15, -0.1) is 0 Å². The largest absolute Gasteiger partial charge is 0.284 e. The molecule has 0 fully saturated rings. The van der Waals surface area contributed by atoms with Gasteiger partial charge >= 0.3 is 0 Å². The highest BCUT2D eigenvalue weighted by Crippen LogP contribution is 2.32. The van der Waals surface area contributed by atoms with Gasteiger partial charge in [-0.05, 0) is 43.3 Å². The summed E-state index contributed by atoms with van der Waals surface area (Å²) < 4.78 is 28.1. The summed E-state index contributed by atoms with van der Waals surface area (Å²) >= 11 is 13.6. The molecule has 0 spiro atoms. The second-order valence-corrected chi connectivity index (χ2v) is 10.2. The van der Waals surface area contributed by atoms with E-state index >= 15 is 0 Å². The first kappa shape index (κ1) is 23.0. The van der Waals surface area contributed by atoms with Crippen LogP contribution in [0.4, 0.5) is 5.13 Å². The number of sulfonamides is 1. The number of anilines is 1. The van der Waals surface area contributed by atoms with Crippen LogP contribution in [0.25, 0.3) is 10.2 Å². The summed E-state index contributed by atoms with van der Waals surface area (Å²) in [6, 6.07) is 9.68. The first-order valence-electron chi connectivity index (χ1n) is 9.40. The number of carbonyl (C=O) groups is 1. The number of hydrogen-bond donors (Lipinski definition) is 0. The summed E-state index contributed by atoms with van der Waals surface area (Å²) in [5, 5.41) is 1.16. The van der Waals surface area contributed by atoms with Crippen molar-refractivity contribution >= 4 is 65.8 Å². The maximum atomic E-state index is 13.2. The van der Waals surface area contributed by atoms with E-state index in [1.54, 1.807) is 26.0 Å². The minimum atomic E-state index is -3.81. The van der Waals surface area contributed by atoms with Crippen LogP contribution in [-0.2, 0) is 10.0 Å². The molecule has 0 N–H and O–H groups in total. The van der Waals surface area contributed by atoms with Gasteiger partial charge in [-0.1, -0.05) is 48.4 Å². The normalized spacial score (nSPS) is 11.9. The summed E-state index contributed by atoms with van der Waals surface area (Å²) in [5.74, 6) is -0.352. The van der Waals surface area contributed by atoms with Crippen molar-refractivity contribution in [1.82, 2.24) is 9.29 Å². The van der Waals surface area contributed by atoms with Gasteiger partial charge in [-0.25, -0.2) is 13.4 Å². The number of nitrogens with zero attached hydrogens (tertiary/aromatic N) is 3. The maximum absolute atomic E-state index is 13.2. The number of rotatable bonds is 7. The summed E-state index contributed by atoms with van der Waals surface area (Å²) in [4.78, 5) is 19.2. The van der Waals surface area contributed by atoms with Crippen molar-refractivity contribution < 1.29 is 13.2 Å². The third-order valence-electron chi connectivity index (χ3n) is 4.63. The van der Waals surface area contributed by atoms with E-state index in [-0.39, 0.29) is 21.4 Å². The van der Waals surface area contributed by atoms with Crippen molar-refractivity contribution in [3.63, 3.8) is 0 Å². The molecule has 0 bridgehead atoms. The molecule has 0 saturated heterocycles. The SMILES string of the molecule is CCN(C(=O)c1ccc(Cl)c(S(=O)(=O)N(CC)CC)c1)c1nc2cc(Cl)ccc2s1. The lowest BCUT2D eigenvalue weighted by Gasteiger charge is -2.21. The van der Waals surface area contributed by atoms with E-state index < -0.39 is 10.0 Å². The Labute approximate surface area is 190 Å². The molecule has 0 aliphatic heterocycles. The number of aromatic nitrogens is 1. The third kappa shape index (κ3) is 4.33. The van der Waals surface area contributed by atoms with Crippen LogP contribution < -0.4 is 4.90 Å². The maximum Gasteiger partial charge on any atom is 0.260 e. The highest BCUT2D eigenvalue weighted by molar-refractivity contribution is 7.89. The number of halogens is 2. The van der Waals surface area contributed by atoms with E-state index in [4.69, 9.17) is 23.2 Å². The summed E-state index contributed by atoms with van der Waals surface area (Å²) in [7, 11) is -3.81. The Morgan fingerprint density at radius 3 is 2.37 bits per heavy atom. The number of benzene rings is 2. The zero-order valence-electron chi connectivity index (χ0n) is 16.7. The Balaban J connectivity index is 2.02. The van der Waals surface area contributed by atoms with E-state index in [0.717, 1.165) is 4.70 Å². The molecule has 10 heteroatoms. The van der Waals surface area contributed by atoms with Crippen molar-refractivity contribution in [2.45, 2.75) is 25.7 Å². The molecule has 1 amide bonds. The van der Waals surface area contributed by atoms with Gasteiger partial charge < -0.3 is 0 Å². The van der Waals surface area contributed by atoms with E-state index in [1.165, 1.54) is 38.7 Å². The number of carbonyl (C=O) groups excluding carboxylic acids is 1. The fourth-order valence-corrected chi connectivity index (χ4v) is 6.19. The number of hydrogen-bond acceptors (Lipinski definition) is 5. The number of amides is 1. The van der Waals surface area contributed by atoms with Gasteiger partial charge in [0.05, 0.1) is 15.2 Å². The third-order valence-corrected chi connectivity index (χ3v) is 8.46. The average molecular weight is 486 g/mol.